The van der Waals surface area contributed by atoms with E-state index < -0.39 is 12.1 Å². The number of rotatable bonds is 6. The molecule has 0 unspecified atom stereocenters. The Morgan fingerprint density at radius 2 is 1.77 bits per heavy atom. The van der Waals surface area contributed by atoms with Crippen molar-refractivity contribution in [2.45, 2.75) is 50.8 Å². The lowest BCUT2D eigenvalue weighted by molar-refractivity contribution is -0.135. The molecule has 0 spiro atoms. The van der Waals surface area contributed by atoms with Crippen molar-refractivity contribution in [2.75, 3.05) is 7.11 Å². The molecule has 1 aromatic carbocycles. The van der Waals surface area contributed by atoms with Gasteiger partial charge in [-0.3, -0.25) is 9.59 Å². The monoisotopic (exact) mass is 304 g/mol. The molecule has 0 heterocycles. The van der Waals surface area contributed by atoms with Gasteiger partial charge in [0.2, 0.25) is 5.91 Å². The summed E-state index contributed by atoms with van der Waals surface area (Å²) in [5.41, 5.74) is 0.769. The molecule has 0 radical (unpaired) electrons. The van der Waals surface area contributed by atoms with Gasteiger partial charge in [0.1, 0.15) is 6.04 Å². The van der Waals surface area contributed by atoms with E-state index in [1.165, 1.54) is 7.11 Å². The molecule has 22 heavy (non-hydrogen) atoms. The molecule has 2 N–H and O–H groups in total. The van der Waals surface area contributed by atoms with Crippen molar-refractivity contribution in [3.8, 4) is 0 Å². The van der Waals surface area contributed by atoms with Crippen molar-refractivity contribution in [1.29, 1.82) is 0 Å². The lowest BCUT2D eigenvalue weighted by atomic mass is 10.1. The summed E-state index contributed by atoms with van der Waals surface area (Å²) in [6, 6.07) is 8.92. The maximum absolute atomic E-state index is 12.3. The zero-order chi connectivity index (χ0) is 15.9. The van der Waals surface area contributed by atoms with Gasteiger partial charge >= 0.3 is 0 Å². The van der Waals surface area contributed by atoms with Crippen LogP contribution in [0.1, 0.15) is 44.3 Å². The molecule has 120 valence electrons. The second-order valence-electron chi connectivity index (χ2n) is 5.75. The molecule has 5 nitrogen and oxygen atoms in total. The molecule has 1 saturated carbocycles. The molecule has 2 rings (SSSR count). The molecule has 0 aromatic heterocycles. The lowest BCUT2D eigenvalue weighted by Crippen LogP contribution is -2.48. The van der Waals surface area contributed by atoms with Crippen molar-refractivity contribution >= 4 is 11.8 Å². The van der Waals surface area contributed by atoms with Crippen LogP contribution >= 0.6 is 0 Å². The van der Waals surface area contributed by atoms with E-state index in [4.69, 9.17) is 4.74 Å². The highest BCUT2D eigenvalue weighted by atomic mass is 16.5. The average Bonchev–Trinajstić information content (AvgIpc) is 3.02. The molecule has 5 heteroatoms. The fraction of sp³-hybridized carbons (Fsp3) is 0.529. The van der Waals surface area contributed by atoms with Crippen molar-refractivity contribution in [3.63, 3.8) is 0 Å². The third-order valence-electron chi connectivity index (χ3n) is 4.03. The number of nitrogens with one attached hydrogen (secondary N) is 2. The summed E-state index contributed by atoms with van der Waals surface area (Å²) in [5.74, 6) is -0.439. The Morgan fingerprint density at radius 3 is 2.36 bits per heavy atom. The second kappa shape index (κ2) is 7.94. The van der Waals surface area contributed by atoms with Gasteiger partial charge in [0.15, 0.2) is 6.10 Å². The number of hydrogen-bond donors (Lipinski definition) is 2. The van der Waals surface area contributed by atoms with E-state index in [1.54, 1.807) is 6.92 Å². The molecule has 0 saturated heterocycles. The Morgan fingerprint density at radius 1 is 1.14 bits per heavy atom. The predicted molar refractivity (Wildman–Crippen MR) is 84.2 cm³/mol. The Bertz CT molecular complexity index is 498. The molecule has 1 fully saturated rings. The highest BCUT2D eigenvalue weighted by Gasteiger charge is 2.25. The first-order valence-electron chi connectivity index (χ1n) is 7.80. The van der Waals surface area contributed by atoms with E-state index in [2.05, 4.69) is 10.6 Å². The van der Waals surface area contributed by atoms with E-state index >= 15 is 0 Å². The number of carbonyl (C=O) groups is 2. The van der Waals surface area contributed by atoms with Crippen molar-refractivity contribution in [3.05, 3.63) is 35.9 Å². The van der Waals surface area contributed by atoms with Crippen LogP contribution in [-0.2, 0) is 14.3 Å². The van der Waals surface area contributed by atoms with E-state index in [-0.39, 0.29) is 17.9 Å². The molecule has 1 aromatic rings. The Hall–Kier alpha value is -1.88. The summed E-state index contributed by atoms with van der Waals surface area (Å²) < 4.78 is 5.27. The molecule has 1 aliphatic carbocycles. The molecule has 2 amide bonds. The average molecular weight is 304 g/mol. The van der Waals surface area contributed by atoms with Gasteiger partial charge in [0.05, 0.1) is 0 Å². The third-order valence-corrected chi connectivity index (χ3v) is 4.03. The summed E-state index contributed by atoms with van der Waals surface area (Å²) in [4.78, 5) is 24.4. The van der Waals surface area contributed by atoms with Crippen LogP contribution in [0, 0.1) is 0 Å². The molecular formula is C17H24N2O3. The summed E-state index contributed by atoms with van der Waals surface area (Å²) >= 11 is 0. The summed E-state index contributed by atoms with van der Waals surface area (Å²) in [6.45, 7) is 1.69. The smallest absolute Gasteiger partial charge is 0.254 e. The summed E-state index contributed by atoms with van der Waals surface area (Å²) in [7, 11) is 1.49. The minimum Gasteiger partial charge on any atom is -0.367 e. The maximum atomic E-state index is 12.3. The van der Waals surface area contributed by atoms with Crippen LogP contribution in [0.3, 0.4) is 0 Å². The quantitative estimate of drug-likeness (QED) is 0.844. The van der Waals surface area contributed by atoms with Gasteiger partial charge in [0.25, 0.3) is 5.91 Å². The summed E-state index contributed by atoms with van der Waals surface area (Å²) in [5, 5.41) is 5.71. The topological polar surface area (TPSA) is 67.4 Å². The third kappa shape index (κ3) is 4.31. The van der Waals surface area contributed by atoms with Gasteiger partial charge in [-0.15, -0.1) is 0 Å². The number of hydrogen-bond acceptors (Lipinski definition) is 3. The molecule has 0 bridgehead atoms. The van der Waals surface area contributed by atoms with Gasteiger partial charge in [0, 0.05) is 13.2 Å². The normalized spacial score (nSPS) is 17.7. The molecule has 0 aliphatic heterocycles. The van der Waals surface area contributed by atoms with Gasteiger partial charge < -0.3 is 15.4 Å². The number of benzene rings is 1. The fourth-order valence-electron chi connectivity index (χ4n) is 2.77. The molecular weight excluding hydrogens is 280 g/mol. The number of methoxy groups -OCH3 is 1. The highest BCUT2D eigenvalue weighted by Crippen LogP contribution is 2.18. The Labute approximate surface area is 131 Å². The zero-order valence-corrected chi connectivity index (χ0v) is 13.2. The SMILES string of the molecule is CO[C@@H](C(=O)N[C@H](C)C(=O)NC1CCCC1)c1ccccc1. The molecule has 1 aliphatic rings. The van der Waals surface area contributed by atoms with Crippen LogP contribution in [0.25, 0.3) is 0 Å². The van der Waals surface area contributed by atoms with Crippen LogP contribution < -0.4 is 10.6 Å². The number of ether oxygens (including phenoxy) is 1. The van der Waals surface area contributed by atoms with Gasteiger partial charge in [-0.05, 0) is 25.3 Å². The van der Waals surface area contributed by atoms with Crippen molar-refractivity contribution in [1.82, 2.24) is 10.6 Å². The van der Waals surface area contributed by atoms with Gasteiger partial charge in [-0.2, -0.15) is 0 Å². The minimum atomic E-state index is -0.706. The van der Waals surface area contributed by atoms with Crippen molar-refractivity contribution in [2.24, 2.45) is 0 Å². The van der Waals surface area contributed by atoms with Gasteiger partial charge in [-0.25, -0.2) is 0 Å². The minimum absolute atomic E-state index is 0.136. The van der Waals surface area contributed by atoms with Gasteiger partial charge in [-0.1, -0.05) is 43.2 Å². The van der Waals surface area contributed by atoms with E-state index in [0.29, 0.717) is 0 Å². The lowest BCUT2D eigenvalue weighted by Gasteiger charge is -2.21. The number of amides is 2. The standard InChI is InChI=1S/C17H24N2O3/c1-12(16(20)19-14-10-6-7-11-14)18-17(21)15(22-2)13-8-4-3-5-9-13/h3-5,8-9,12,14-15H,6-7,10-11H2,1-2H3,(H,18,21)(H,19,20)/t12-,15-/m1/s1. The number of carbonyl (C=O) groups excluding carboxylic acids is 2. The Kier molecular flexibility index (Phi) is 5.95. The van der Waals surface area contributed by atoms with Crippen LogP contribution in [-0.4, -0.2) is 31.0 Å². The first-order chi connectivity index (χ1) is 10.6. The summed E-state index contributed by atoms with van der Waals surface area (Å²) in [6.07, 6.45) is 3.66. The maximum Gasteiger partial charge on any atom is 0.254 e. The first-order valence-corrected chi connectivity index (χ1v) is 7.80. The molecule has 2 atom stereocenters. The van der Waals surface area contributed by atoms with E-state index in [0.717, 1.165) is 31.2 Å². The zero-order valence-electron chi connectivity index (χ0n) is 13.2. The fourth-order valence-corrected chi connectivity index (χ4v) is 2.77. The highest BCUT2D eigenvalue weighted by molar-refractivity contribution is 5.89. The van der Waals surface area contributed by atoms with Crippen LogP contribution in [0.15, 0.2) is 30.3 Å². The first kappa shape index (κ1) is 16.5. The van der Waals surface area contributed by atoms with Crippen LogP contribution in [0.2, 0.25) is 0 Å². The van der Waals surface area contributed by atoms with Crippen molar-refractivity contribution < 1.29 is 14.3 Å². The second-order valence-corrected chi connectivity index (χ2v) is 5.75. The Balaban J connectivity index is 1.90. The van der Waals surface area contributed by atoms with E-state index in [9.17, 15) is 9.59 Å². The van der Waals surface area contributed by atoms with Crippen LogP contribution in [0.4, 0.5) is 0 Å². The predicted octanol–water partition coefficient (Wildman–Crippen LogP) is 1.94. The van der Waals surface area contributed by atoms with E-state index in [1.807, 2.05) is 30.3 Å². The largest absolute Gasteiger partial charge is 0.367 e. The van der Waals surface area contributed by atoms with Crippen LogP contribution in [0.5, 0.6) is 0 Å².